The standard InChI is InChI=1S/C17H25N5O2S/c1-20-7-6-19-14(20)9-22(13-8-17(13)2-4-18-5-3-17)15(23)10-21-12-25-11-16(21)24/h6-7,13,18H,2-5,8-12H2,1H3. The number of hydrogen-bond acceptors (Lipinski definition) is 5. The third-order valence-electron chi connectivity index (χ3n) is 5.83. The smallest absolute Gasteiger partial charge is 0.242 e. The summed E-state index contributed by atoms with van der Waals surface area (Å²) in [7, 11) is 1.96. The first kappa shape index (κ1) is 16.9. The molecule has 1 aromatic rings. The minimum Gasteiger partial charge on any atom is -0.337 e. The molecule has 1 spiro atoms. The Bertz CT molecular complexity index is 670. The molecule has 3 aliphatic rings. The molecule has 1 atom stereocenters. The SMILES string of the molecule is Cn1ccnc1CN(C(=O)CN1CSCC1=O)C1CC12CCNCC2. The van der Waals surface area contributed by atoms with Crippen LogP contribution >= 0.6 is 11.8 Å². The zero-order valence-electron chi connectivity index (χ0n) is 14.6. The van der Waals surface area contributed by atoms with Crippen molar-refractivity contribution >= 4 is 23.6 Å². The molecule has 2 saturated heterocycles. The summed E-state index contributed by atoms with van der Waals surface area (Å²) in [5.74, 6) is 2.14. The molecular weight excluding hydrogens is 338 g/mol. The molecule has 3 heterocycles. The van der Waals surface area contributed by atoms with Crippen LogP contribution in [0.1, 0.15) is 25.1 Å². The van der Waals surface area contributed by atoms with Crippen LogP contribution in [0, 0.1) is 5.41 Å². The first-order chi connectivity index (χ1) is 12.1. The molecule has 0 radical (unpaired) electrons. The molecule has 3 fully saturated rings. The molecule has 1 unspecified atom stereocenters. The van der Waals surface area contributed by atoms with Gasteiger partial charge in [-0.15, -0.1) is 11.8 Å². The van der Waals surface area contributed by atoms with E-state index in [9.17, 15) is 9.59 Å². The maximum atomic E-state index is 13.1. The van der Waals surface area contributed by atoms with Crippen molar-refractivity contribution in [2.45, 2.75) is 31.8 Å². The third-order valence-corrected chi connectivity index (χ3v) is 6.77. The van der Waals surface area contributed by atoms with Crippen molar-refractivity contribution < 1.29 is 9.59 Å². The minimum atomic E-state index is 0.0549. The van der Waals surface area contributed by atoms with Gasteiger partial charge in [0.1, 0.15) is 12.4 Å². The van der Waals surface area contributed by atoms with Crippen LogP contribution in [0.5, 0.6) is 0 Å². The Hall–Kier alpha value is -1.54. The summed E-state index contributed by atoms with van der Waals surface area (Å²) < 4.78 is 1.97. The summed E-state index contributed by atoms with van der Waals surface area (Å²) >= 11 is 1.58. The Morgan fingerprint density at radius 2 is 2.28 bits per heavy atom. The van der Waals surface area contributed by atoms with Gasteiger partial charge in [0.2, 0.25) is 11.8 Å². The lowest BCUT2D eigenvalue weighted by atomic mass is 9.93. The monoisotopic (exact) mass is 363 g/mol. The molecule has 25 heavy (non-hydrogen) atoms. The van der Waals surface area contributed by atoms with Gasteiger partial charge in [-0.3, -0.25) is 9.59 Å². The van der Waals surface area contributed by atoms with Crippen molar-refractivity contribution in [2.24, 2.45) is 12.5 Å². The third kappa shape index (κ3) is 3.29. The summed E-state index contributed by atoms with van der Waals surface area (Å²) in [5.41, 5.74) is 0.274. The highest BCUT2D eigenvalue weighted by Gasteiger charge is 2.57. The van der Waals surface area contributed by atoms with E-state index < -0.39 is 0 Å². The molecule has 0 bridgehead atoms. The van der Waals surface area contributed by atoms with Gasteiger partial charge < -0.3 is 19.7 Å². The predicted molar refractivity (Wildman–Crippen MR) is 95.7 cm³/mol. The lowest BCUT2D eigenvalue weighted by molar-refractivity contribution is -0.139. The second-order valence-electron chi connectivity index (χ2n) is 7.38. The summed E-state index contributed by atoms with van der Waals surface area (Å²) in [6.07, 6.45) is 7.01. The first-order valence-electron chi connectivity index (χ1n) is 8.91. The summed E-state index contributed by atoms with van der Waals surface area (Å²) in [4.78, 5) is 33.0. The topological polar surface area (TPSA) is 70.5 Å². The average molecular weight is 363 g/mol. The van der Waals surface area contributed by atoms with Gasteiger partial charge in [-0.05, 0) is 37.8 Å². The maximum Gasteiger partial charge on any atom is 0.242 e. The highest BCUT2D eigenvalue weighted by atomic mass is 32.2. The average Bonchev–Trinajstić information content (AvgIpc) is 2.91. The number of hydrogen-bond donors (Lipinski definition) is 1. The Morgan fingerprint density at radius 3 is 2.92 bits per heavy atom. The van der Waals surface area contributed by atoms with Gasteiger partial charge in [-0.2, -0.15) is 0 Å². The largest absolute Gasteiger partial charge is 0.337 e. The van der Waals surface area contributed by atoms with E-state index in [1.165, 1.54) is 0 Å². The molecule has 1 aromatic heterocycles. The van der Waals surface area contributed by atoms with Gasteiger partial charge in [-0.25, -0.2) is 4.98 Å². The second kappa shape index (κ2) is 6.64. The summed E-state index contributed by atoms with van der Waals surface area (Å²) in [6.45, 7) is 2.78. The van der Waals surface area contributed by atoms with Crippen LogP contribution in [-0.4, -0.2) is 68.5 Å². The van der Waals surface area contributed by atoms with E-state index in [1.807, 2.05) is 22.7 Å². The number of aryl methyl sites for hydroxylation is 1. The second-order valence-corrected chi connectivity index (χ2v) is 8.33. The Morgan fingerprint density at radius 1 is 1.48 bits per heavy atom. The van der Waals surface area contributed by atoms with Crippen LogP contribution in [0.2, 0.25) is 0 Å². The Balaban J connectivity index is 1.50. The van der Waals surface area contributed by atoms with Gasteiger partial charge in [0.05, 0.1) is 18.2 Å². The molecule has 136 valence electrons. The van der Waals surface area contributed by atoms with Crippen molar-refractivity contribution in [3.63, 3.8) is 0 Å². The van der Waals surface area contributed by atoms with E-state index in [0.717, 1.165) is 38.2 Å². The van der Waals surface area contributed by atoms with Gasteiger partial charge >= 0.3 is 0 Å². The van der Waals surface area contributed by atoms with Gasteiger partial charge in [0.15, 0.2) is 0 Å². The lowest BCUT2D eigenvalue weighted by Gasteiger charge is -2.30. The van der Waals surface area contributed by atoms with E-state index in [2.05, 4.69) is 10.3 Å². The normalized spacial score (nSPS) is 24.8. The molecule has 2 aliphatic heterocycles. The van der Waals surface area contributed by atoms with Gasteiger partial charge in [0, 0.05) is 25.5 Å². The van der Waals surface area contributed by atoms with Crippen LogP contribution in [0.25, 0.3) is 0 Å². The van der Waals surface area contributed by atoms with E-state index in [4.69, 9.17) is 0 Å². The zero-order valence-corrected chi connectivity index (χ0v) is 15.4. The zero-order chi connectivity index (χ0) is 17.4. The Labute approximate surface area is 152 Å². The molecule has 1 saturated carbocycles. The number of carbonyl (C=O) groups excluding carboxylic acids is 2. The molecular formula is C17H25N5O2S. The predicted octanol–water partition coefficient (Wildman–Crippen LogP) is 0.424. The van der Waals surface area contributed by atoms with E-state index >= 15 is 0 Å². The summed E-state index contributed by atoms with van der Waals surface area (Å²) in [6, 6.07) is 0.282. The summed E-state index contributed by atoms with van der Waals surface area (Å²) in [5, 5.41) is 3.41. The maximum absolute atomic E-state index is 13.1. The number of thioether (sulfide) groups is 1. The van der Waals surface area contributed by atoms with Crippen LogP contribution in [0.4, 0.5) is 0 Å². The van der Waals surface area contributed by atoms with Crippen molar-refractivity contribution in [1.82, 2.24) is 24.7 Å². The number of nitrogens with zero attached hydrogens (tertiary/aromatic N) is 4. The van der Waals surface area contributed by atoms with Crippen LogP contribution < -0.4 is 5.32 Å². The highest BCUT2D eigenvalue weighted by Crippen LogP contribution is 2.56. The van der Waals surface area contributed by atoms with Crippen molar-refractivity contribution in [3.05, 3.63) is 18.2 Å². The number of rotatable bonds is 5. The first-order valence-corrected chi connectivity index (χ1v) is 10.1. The van der Waals surface area contributed by atoms with Crippen LogP contribution in [0.15, 0.2) is 12.4 Å². The van der Waals surface area contributed by atoms with E-state index in [1.54, 1.807) is 22.9 Å². The number of amides is 2. The molecule has 0 aromatic carbocycles. The van der Waals surface area contributed by atoms with Crippen molar-refractivity contribution in [1.29, 1.82) is 0 Å². The molecule has 2 amide bonds. The van der Waals surface area contributed by atoms with Gasteiger partial charge in [0.25, 0.3) is 0 Å². The number of nitrogens with one attached hydrogen (secondary N) is 1. The van der Waals surface area contributed by atoms with Gasteiger partial charge in [-0.1, -0.05) is 0 Å². The quantitative estimate of drug-likeness (QED) is 0.821. The molecule has 1 N–H and O–H groups in total. The van der Waals surface area contributed by atoms with Crippen molar-refractivity contribution in [2.75, 3.05) is 31.3 Å². The fraction of sp³-hybridized carbons (Fsp3) is 0.706. The Kier molecular flexibility index (Phi) is 4.49. The highest BCUT2D eigenvalue weighted by molar-refractivity contribution is 8.00. The fourth-order valence-electron chi connectivity index (χ4n) is 4.10. The minimum absolute atomic E-state index is 0.0549. The molecule has 8 heteroatoms. The van der Waals surface area contributed by atoms with Crippen LogP contribution in [-0.2, 0) is 23.2 Å². The van der Waals surface area contributed by atoms with E-state index in [0.29, 0.717) is 18.2 Å². The number of imidazole rings is 1. The van der Waals surface area contributed by atoms with E-state index in [-0.39, 0.29) is 29.8 Å². The molecule has 4 rings (SSSR count). The molecule has 1 aliphatic carbocycles. The molecule has 7 nitrogen and oxygen atoms in total. The lowest BCUT2D eigenvalue weighted by Crippen LogP contribution is -2.44. The number of piperidine rings is 1. The number of aromatic nitrogens is 2. The van der Waals surface area contributed by atoms with Crippen LogP contribution in [0.3, 0.4) is 0 Å². The number of carbonyl (C=O) groups is 2. The fourth-order valence-corrected chi connectivity index (χ4v) is 5.00. The van der Waals surface area contributed by atoms with Crippen molar-refractivity contribution in [3.8, 4) is 0 Å².